The second-order valence-corrected chi connectivity index (χ2v) is 6.64. The van der Waals surface area contributed by atoms with Gasteiger partial charge in [-0.3, -0.25) is 4.79 Å². The van der Waals surface area contributed by atoms with Gasteiger partial charge in [-0.2, -0.15) is 0 Å². The molecule has 5 heteroatoms. The Kier molecular flexibility index (Phi) is 4.81. The summed E-state index contributed by atoms with van der Waals surface area (Å²) < 4.78 is 11.8. The summed E-state index contributed by atoms with van der Waals surface area (Å²) in [6.07, 6.45) is 0.582. The first-order valence-corrected chi connectivity index (χ1v) is 8.70. The molecule has 0 N–H and O–H groups in total. The third kappa shape index (κ3) is 2.88. The summed E-state index contributed by atoms with van der Waals surface area (Å²) in [5.74, 6) is 1.46. The van der Waals surface area contributed by atoms with E-state index in [1.165, 1.54) is 0 Å². The molecular weight excluding hydrogens is 370 g/mol. The van der Waals surface area contributed by atoms with Crippen LogP contribution in [0.4, 0.5) is 5.69 Å². The molecule has 0 bridgehead atoms. The van der Waals surface area contributed by atoms with Crippen molar-refractivity contribution < 1.29 is 14.3 Å². The molecule has 4 nitrogen and oxygen atoms in total. The van der Waals surface area contributed by atoms with Gasteiger partial charge in [0.25, 0.3) is 0 Å². The van der Waals surface area contributed by atoms with Gasteiger partial charge in [0, 0.05) is 16.7 Å². The number of halogens is 1. The SMILES string of the molecule is CCN1C(=O)[C@@H](Cc2cc(OC)ccc2OC)c2cc(Br)ccc21. The smallest absolute Gasteiger partial charge is 0.234 e. The Morgan fingerprint density at radius 3 is 2.58 bits per heavy atom. The van der Waals surface area contributed by atoms with Crippen molar-refractivity contribution in [1.82, 2.24) is 0 Å². The zero-order chi connectivity index (χ0) is 17.3. The molecule has 3 rings (SSSR count). The minimum absolute atomic E-state index is 0.135. The van der Waals surface area contributed by atoms with E-state index >= 15 is 0 Å². The van der Waals surface area contributed by atoms with Crippen LogP contribution in [0.15, 0.2) is 40.9 Å². The number of likely N-dealkylation sites (N-methyl/N-ethyl adjacent to an activating group) is 1. The summed E-state index contributed by atoms with van der Waals surface area (Å²) in [6, 6.07) is 11.7. The van der Waals surface area contributed by atoms with E-state index in [0.717, 1.165) is 32.8 Å². The van der Waals surface area contributed by atoms with Gasteiger partial charge in [-0.15, -0.1) is 0 Å². The highest BCUT2D eigenvalue weighted by atomic mass is 79.9. The number of rotatable bonds is 5. The second kappa shape index (κ2) is 6.85. The van der Waals surface area contributed by atoms with E-state index in [2.05, 4.69) is 15.9 Å². The van der Waals surface area contributed by atoms with E-state index in [-0.39, 0.29) is 11.8 Å². The number of hydrogen-bond acceptors (Lipinski definition) is 3. The van der Waals surface area contributed by atoms with Gasteiger partial charge in [-0.25, -0.2) is 0 Å². The number of benzene rings is 2. The van der Waals surface area contributed by atoms with E-state index in [4.69, 9.17) is 9.47 Å². The molecule has 2 aromatic rings. The maximum absolute atomic E-state index is 12.9. The minimum Gasteiger partial charge on any atom is -0.497 e. The van der Waals surface area contributed by atoms with Crippen LogP contribution in [0, 0.1) is 0 Å². The second-order valence-electron chi connectivity index (χ2n) is 5.72. The fourth-order valence-corrected chi connectivity index (χ4v) is 3.65. The highest BCUT2D eigenvalue weighted by Crippen LogP contribution is 2.41. The minimum atomic E-state index is -0.210. The van der Waals surface area contributed by atoms with Crippen LogP contribution in [0.2, 0.25) is 0 Å². The molecule has 0 fully saturated rings. The van der Waals surface area contributed by atoms with Crippen molar-refractivity contribution in [3.8, 4) is 11.5 Å². The van der Waals surface area contributed by atoms with Crippen LogP contribution < -0.4 is 14.4 Å². The molecule has 126 valence electrons. The third-order valence-corrected chi connectivity index (χ3v) is 4.94. The van der Waals surface area contributed by atoms with E-state index in [0.29, 0.717) is 13.0 Å². The van der Waals surface area contributed by atoms with Crippen LogP contribution in [-0.4, -0.2) is 26.7 Å². The number of fused-ring (bicyclic) bond motifs is 1. The maximum atomic E-state index is 12.9. The Morgan fingerprint density at radius 2 is 1.92 bits per heavy atom. The molecule has 24 heavy (non-hydrogen) atoms. The molecule has 0 saturated heterocycles. The van der Waals surface area contributed by atoms with Gasteiger partial charge >= 0.3 is 0 Å². The highest BCUT2D eigenvalue weighted by molar-refractivity contribution is 9.10. The lowest BCUT2D eigenvalue weighted by atomic mass is 9.92. The van der Waals surface area contributed by atoms with Crippen molar-refractivity contribution in [2.45, 2.75) is 19.3 Å². The van der Waals surface area contributed by atoms with Crippen LogP contribution >= 0.6 is 15.9 Å². The number of methoxy groups -OCH3 is 2. The predicted molar refractivity (Wildman–Crippen MR) is 98.2 cm³/mol. The van der Waals surface area contributed by atoms with E-state index in [1.54, 1.807) is 14.2 Å². The third-order valence-electron chi connectivity index (χ3n) is 4.45. The molecule has 1 aliphatic rings. The molecule has 1 atom stereocenters. The number of hydrogen-bond donors (Lipinski definition) is 0. The van der Waals surface area contributed by atoms with Gasteiger partial charge in [0.2, 0.25) is 5.91 Å². The molecule has 0 saturated carbocycles. The van der Waals surface area contributed by atoms with Crippen molar-refractivity contribution in [3.63, 3.8) is 0 Å². The zero-order valence-corrected chi connectivity index (χ0v) is 15.6. The molecule has 1 aliphatic heterocycles. The van der Waals surface area contributed by atoms with Crippen LogP contribution in [0.1, 0.15) is 24.0 Å². The predicted octanol–water partition coefficient (Wildman–Crippen LogP) is 4.16. The lowest BCUT2D eigenvalue weighted by Crippen LogP contribution is -2.29. The van der Waals surface area contributed by atoms with Crippen LogP contribution in [0.25, 0.3) is 0 Å². The average Bonchev–Trinajstić information content (AvgIpc) is 2.85. The van der Waals surface area contributed by atoms with Gasteiger partial charge in [0.1, 0.15) is 11.5 Å². The fourth-order valence-electron chi connectivity index (χ4n) is 3.27. The van der Waals surface area contributed by atoms with Crippen molar-refractivity contribution >= 4 is 27.5 Å². The molecular formula is C19H20BrNO3. The van der Waals surface area contributed by atoms with Crippen molar-refractivity contribution in [1.29, 1.82) is 0 Å². The van der Waals surface area contributed by atoms with Crippen molar-refractivity contribution in [3.05, 3.63) is 52.0 Å². The first-order valence-electron chi connectivity index (χ1n) is 7.90. The summed E-state index contributed by atoms with van der Waals surface area (Å²) in [5, 5.41) is 0. The Bertz CT molecular complexity index is 775. The number of carbonyl (C=O) groups excluding carboxylic acids is 1. The molecule has 0 unspecified atom stereocenters. The van der Waals surface area contributed by atoms with Gasteiger partial charge in [0.05, 0.1) is 20.1 Å². The number of ether oxygens (including phenoxy) is 2. The van der Waals surface area contributed by atoms with Gasteiger partial charge in [0.15, 0.2) is 0 Å². The molecule has 0 radical (unpaired) electrons. The molecule has 1 amide bonds. The normalized spacial score (nSPS) is 16.2. The lowest BCUT2D eigenvalue weighted by molar-refractivity contribution is -0.119. The fraction of sp³-hybridized carbons (Fsp3) is 0.316. The standard InChI is InChI=1S/C19H20BrNO3/c1-4-21-17-7-5-13(20)11-15(17)16(19(21)22)10-12-9-14(23-2)6-8-18(12)24-3/h5-9,11,16H,4,10H2,1-3H3/t16-/m0/s1. The largest absolute Gasteiger partial charge is 0.497 e. The van der Waals surface area contributed by atoms with Gasteiger partial charge in [-0.05, 0) is 60.9 Å². The van der Waals surface area contributed by atoms with Crippen LogP contribution in [0.3, 0.4) is 0 Å². The Labute approximate surface area is 150 Å². The summed E-state index contributed by atoms with van der Waals surface area (Å²) in [6.45, 7) is 2.66. The van der Waals surface area contributed by atoms with Gasteiger partial charge < -0.3 is 14.4 Å². The summed E-state index contributed by atoms with van der Waals surface area (Å²) in [7, 11) is 3.28. The average molecular weight is 390 g/mol. The van der Waals surface area contributed by atoms with Crippen LogP contribution in [-0.2, 0) is 11.2 Å². The lowest BCUT2D eigenvalue weighted by Gasteiger charge is -2.16. The first-order chi connectivity index (χ1) is 11.6. The molecule has 0 spiro atoms. The van der Waals surface area contributed by atoms with E-state index in [1.807, 2.05) is 48.2 Å². The van der Waals surface area contributed by atoms with E-state index in [9.17, 15) is 4.79 Å². The molecule has 0 aromatic heterocycles. The summed E-state index contributed by atoms with van der Waals surface area (Å²) in [4.78, 5) is 14.7. The highest BCUT2D eigenvalue weighted by Gasteiger charge is 2.37. The number of carbonyl (C=O) groups is 1. The first kappa shape index (κ1) is 16.8. The Hall–Kier alpha value is -2.01. The zero-order valence-electron chi connectivity index (χ0n) is 14.0. The summed E-state index contributed by atoms with van der Waals surface area (Å²) in [5.41, 5.74) is 3.03. The van der Waals surface area contributed by atoms with Crippen molar-refractivity contribution in [2.75, 3.05) is 25.7 Å². The maximum Gasteiger partial charge on any atom is 0.234 e. The quantitative estimate of drug-likeness (QED) is 0.770. The molecule has 0 aliphatic carbocycles. The number of amides is 1. The molecule has 2 aromatic carbocycles. The summed E-state index contributed by atoms with van der Waals surface area (Å²) >= 11 is 3.52. The van der Waals surface area contributed by atoms with Crippen molar-refractivity contribution in [2.24, 2.45) is 0 Å². The topological polar surface area (TPSA) is 38.8 Å². The van der Waals surface area contributed by atoms with Gasteiger partial charge in [-0.1, -0.05) is 15.9 Å². The number of nitrogens with zero attached hydrogens (tertiary/aromatic N) is 1. The number of anilines is 1. The molecule has 1 heterocycles. The Balaban J connectivity index is 2.02. The van der Waals surface area contributed by atoms with E-state index < -0.39 is 0 Å². The Morgan fingerprint density at radius 1 is 1.12 bits per heavy atom. The monoisotopic (exact) mass is 389 g/mol. The van der Waals surface area contributed by atoms with Crippen LogP contribution in [0.5, 0.6) is 11.5 Å².